The standard InChI is InChI=1S/C24H21N5O5/c1-14-12-15(2)26-24(25-14)34-17-10-8-16(9-11-17)27-23(32)22-19(30)13-21(31)29(28-22)18-6-4-5-7-20(18)33-3/h4-13,30H,1-3H3,(H,27,32). The predicted octanol–water partition coefficient (Wildman–Crippen LogP) is 3.40. The van der Waals surface area contributed by atoms with E-state index in [9.17, 15) is 14.7 Å². The first kappa shape index (κ1) is 22.5. The SMILES string of the molecule is COc1ccccc1-n1nc(C(=O)Nc2ccc(Oc3nc(C)cc(C)n3)cc2)c(O)cc1=O. The molecule has 4 aromatic rings. The molecule has 10 heteroatoms. The lowest BCUT2D eigenvalue weighted by atomic mass is 10.2. The van der Waals surface area contributed by atoms with E-state index in [0.717, 1.165) is 22.1 Å². The monoisotopic (exact) mass is 459 g/mol. The van der Waals surface area contributed by atoms with Crippen LogP contribution >= 0.6 is 0 Å². The van der Waals surface area contributed by atoms with Crippen LogP contribution in [0.1, 0.15) is 21.9 Å². The molecule has 0 radical (unpaired) electrons. The summed E-state index contributed by atoms with van der Waals surface area (Å²) in [6.45, 7) is 3.70. The zero-order valence-electron chi connectivity index (χ0n) is 18.6. The van der Waals surface area contributed by atoms with Crippen molar-refractivity contribution in [2.24, 2.45) is 0 Å². The number of hydrogen-bond donors (Lipinski definition) is 2. The summed E-state index contributed by atoms with van der Waals surface area (Å²) in [7, 11) is 1.46. The first-order valence-corrected chi connectivity index (χ1v) is 10.2. The summed E-state index contributed by atoms with van der Waals surface area (Å²) in [5, 5.41) is 16.9. The van der Waals surface area contributed by atoms with Crippen molar-refractivity contribution in [3.05, 3.63) is 88.1 Å². The quantitative estimate of drug-likeness (QED) is 0.449. The van der Waals surface area contributed by atoms with Gasteiger partial charge >= 0.3 is 6.01 Å². The highest BCUT2D eigenvalue weighted by molar-refractivity contribution is 6.04. The predicted molar refractivity (Wildman–Crippen MR) is 124 cm³/mol. The van der Waals surface area contributed by atoms with Gasteiger partial charge in [0.25, 0.3) is 11.5 Å². The molecule has 2 aromatic heterocycles. The van der Waals surface area contributed by atoms with Gasteiger partial charge in [0.2, 0.25) is 0 Å². The van der Waals surface area contributed by atoms with Gasteiger partial charge in [0.1, 0.15) is 17.2 Å². The Morgan fingerprint density at radius 1 is 1.00 bits per heavy atom. The van der Waals surface area contributed by atoms with Gasteiger partial charge in [-0.2, -0.15) is 9.78 Å². The van der Waals surface area contributed by atoms with E-state index < -0.39 is 17.2 Å². The molecule has 0 aliphatic rings. The van der Waals surface area contributed by atoms with E-state index >= 15 is 0 Å². The minimum atomic E-state index is -0.701. The maximum Gasteiger partial charge on any atom is 0.322 e. The van der Waals surface area contributed by atoms with Crippen molar-refractivity contribution in [3.8, 4) is 28.9 Å². The van der Waals surface area contributed by atoms with Gasteiger partial charge in [0.15, 0.2) is 11.4 Å². The Kier molecular flexibility index (Phi) is 6.22. The Balaban J connectivity index is 1.55. The van der Waals surface area contributed by atoms with Crippen LogP contribution in [-0.2, 0) is 0 Å². The Hall–Kier alpha value is -4.73. The third-order valence-corrected chi connectivity index (χ3v) is 4.72. The first-order chi connectivity index (χ1) is 16.3. The molecule has 34 heavy (non-hydrogen) atoms. The molecular weight excluding hydrogens is 438 g/mol. The third-order valence-electron chi connectivity index (χ3n) is 4.72. The molecule has 2 aromatic carbocycles. The van der Waals surface area contributed by atoms with E-state index in [1.54, 1.807) is 48.5 Å². The number of aryl methyl sites for hydroxylation is 2. The summed E-state index contributed by atoms with van der Waals surface area (Å²) in [4.78, 5) is 33.7. The van der Waals surface area contributed by atoms with Gasteiger partial charge in [0.05, 0.1) is 7.11 Å². The number of nitrogens with zero attached hydrogens (tertiary/aromatic N) is 4. The molecule has 0 aliphatic heterocycles. The van der Waals surface area contributed by atoms with Gasteiger partial charge in [-0.1, -0.05) is 12.1 Å². The van der Waals surface area contributed by atoms with Crippen molar-refractivity contribution in [2.45, 2.75) is 13.8 Å². The summed E-state index contributed by atoms with van der Waals surface area (Å²) >= 11 is 0. The van der Waals surface area contributed by atoms with E-state index in [4.69, 9.17) is 9.47 Å². The lowest BCUT2D eigenvalue weighted by Crippen LogP contribution is -2.25. The number of amides is 1. The summed E-state index contributed by atoms with van der Waals surface area (Å²) in [6, 6.07) is 16.2. The number of hydrogen-bond acceptors (Lipinski definition) is 8. The van der Waals surface area contributed by atoms with Crippen LogP contribution in [0.2, 0.25) is 0 Å². The molecule has 0 unspecified atom stereocenters. The van der Waals surface area contributed by atoms with Gasteiger partial charge in [-0.05, 0) is 56.3 Å². The highest BCUT2D eigenvalue weighted by Crippen LogP contribution is 2.23. The van der Waals surface area contributed by atoms with Crippen LogP contribution in [0.5, 0.6) is 23.3 Å². The molecule has 0 aliphatic carbocycles. The molecule has 10 nitrogen and oxygen atoms in total. The second kappa shape index (κ2) is 9.41. The molecule has 0 bridgehead atoms. The van der Waals surface area contributed by atoms with Crippen molar-refractivity contribution < 1.29 is 19.4 Å². The Labute approximate surface area is 194 Å². The molecule has 0 fully saturated rings. The minimum Gasteiger partial charge on any atom is -0.505 e. The van der Waals surface area contributed by atoms with E-state index in [-0.39, 0.29) is 11.7 Å². The van der Waals surface area contributed by atoms with Crippen molar-refractivity contribution in [1.82, 2.24) is 19.7 Å². The zero-order valence-corrected chi connectivity index (χ0v) is 18.6. The lowest BCUT2D eigenvalue weighted by Gasteiger charge is -2.12. The average molecular weight is 459 g/mol. The number of nitrogens with one attached hydrogen (secondary N) is 1. The van der Waals surface area contributed by atoms with Crippen molar-refractivity contribution in [1.29, 1.82) is 0 Å². The molecule has 0 atom stereocenters. The van der Waals surface area contributed by atoms with Gasteiger partial charge in [-0.3, -0.25) is 9.59 Å². The first-order valence-electron chi connectivity index (χ1n) is 10.2. The molecule has 2 heterocycles. The molecule has 0 saturated carbocycles. The Bertz CT molecular complexity index is 1400. The third kappa shape index (κ3) is 4.85. The number of para-hydroxylation sites is 2. The maximum absolute atomic E-state index is 12.8. The van der Waals surface area contributed by atoms with Gasteiger partial charge in [-0.25, -0.2) is 9.97 Å². The lowest BCUT2D eigenvalue weighted by molar-refractivity contribution is 0.101. The summed E-state index contributed by atoms with van der Waals surface area (Å²) < 4.78 is 11.9. The molecule has 4 rings (SSSR count). The number of aromatic nitrogens is 4. The largest absolute Gasteiger partial charge is 0.505 e. The van der Waals surface area contributed by atoms with E-state index in [0.29, 0.717) is 22.9 Å². The number of carbonyl (C=O) groups is 1. The van der Waals surface area contributed by atoms with Gasteiger partial charge < -0.3 is 19.9 Å². The topological polar surface area (TPSA) is 128 Å². The number of anilines is 1. The van der Waals surface area contributed by atoms with Crippen molar-refractivity contribution in [2.75, 3.05) is 12.4 Å². The van der Waals surface area contributed by atoms with E-state index in [2.05, 4.69) is 20.4 Å². The molecule has 2 N–H and O–H groups in total. The molecule has 0 saturated heterocycles. The number of ether oxygens (including phenoxy) is 2. The van der Waals surface area contributed by atoms with E-state index in [1.807, 2.05) is 19.9 Å². The number of aromatic hydroxyl groups is 1. The van der Waals surface area contributed by atoms with Crippen LogP contribution in [0.15, 0.2) is 65.5 Å². The van der Waals surface area contributed by atoms with Gasteiger partial charge in [-0.15, -0.1) is 0 Å². The number of carbonyl (C=O) groups excluding carboxylic acids is 1. The highest BCUT2D eigenvalue weighted by atomic mass is 16.5. The Morgan fingerprint density at radius 2 is 1.68 bits per heavy atom. The van der Waals surface area contributed by atoms with Gasteiger partial charge in [0, 0.05) is 23.1 Å². The van der Waals surface area contributed by atoms with Crippen LogP contribution in [0.25, 0.3) is 5.69 Å². The second-order valence-corrected chi connectivity index (χ2v) is 7.31. The smallest absolute Gasteiger partial charge is 0.322 e. The number of methoxy groups -OCH3 is 1. The minimum absolute atomic E-state index is 0.224. The van der Waals surface area contributed by atoms with Crippen LogP contribution in [0.3, 0.4) is 0 Å². The number of benzene rings is 2. The van der Waals surface area contributed by atoms with Crippen LogP contribution < -0.4 is 20.3 Å². The maximum atomic E-state index is 12.8. The average Bonchev–Trinajstić information content (AvgIpc) is 2.80. The van der Waals surface area contributed by atoms with Crippen molar-refractivity contribution in [3.63, 3.8) is 0 Å². The van der Waals surface area contributed by atoms with Crippen LogP contribution in [0.4, 0.5) is 5.69 Å². The fourth-order valence-electron chi connectivity index (χ4n) is 3.23. The molecule has 0 spiro atoms. The number of rotatable bonds is 6. The fourth-order valence-corrected chi connectivity index (χ4v) is 3.23. The summed E-state index contributed by atoms with van der Waals surface area (Å²) in [5.41, 5.74) is 1.39. The molecular formula is C24H21N5O5. The molecule has 1 amide bonds. The van der Waals surface area contributed by atoms with Crippen LogP contribution in [-0.4, -0.2) is 37.9 Å². The second-order valence-electron chi connectivity index (χ2n) is 7.31. The fraction of sp³-hybridized carbons (Fsp3) is 0.125. The van der Waals surface area contributed by atoms with Crippen molar-refractivity contribution >= 4 is 11.6 Å². The zero-order chi connectivity index (χ0) is 24.2. The Morgan fingerprint density at radius 3 is 2.35 bits per heavy atom. The molecule has 172 valence electrons. The van der Waals surface area contributed by atoms with E-state index in [1.165, 1.54) is 7.11 Å². The normalized spacial score (nSPS) is 10.6. The summed E-state index contributed by atoms with van der Waals surface area (Å²) in [6.07, 6.45) is 0. The summed E-state index contributed by atoms with van der Waals surface area (Å²) in [5.74, 6) is -0.376. The highest BCUT2D eigenvalue weighted by Gasteiger charge is 2.18. The van der Waals surface area contributed by atoms with Crippen LogP contribution in [0, 0.1) is 13.8 Å².